The lowest BCUT2D eigenvalue weighted by molar-refractivity contribution is 0.763. The lowest BCUT2D eigenvalue weighted by atomic mass is 10.2. The molecule has 1 aromatic rings. The largest absolute Gasteiger partial charge is 0.370 e. The maximum absolute atomic E-state index is 4.51. The van der Waals surface area contributed by atoms with E-state index in [0.717, 1.165) is 36.8 Å². The summed E-state index contributed by atoms with van der Waals surface area (Å²) in [6, 6.07) is 2.42. The van der Waals surface area contributed by atoms with Crippen LogP contribution in [0.3, 0.4) is 0 Å². The van der Waals surface area contributed by atoms with Crippen LogP contribution >= 0.6 is 11.8 Å². The Morgan fingerprint density at radius 2 is 2.00 bits per heavy atom. The van der Waals surface area contributed by atoms with E-state index in [2.05, 4.69) is 47.6 Å². The number of aryl methyl sites for hydroxylation is 1. The Balaban J connectivity index is 2.71. The molecule has 102 valence electrons. The minimum atomic E-state index is 0.437. The number of hydrogen-bond acceptors (Lipinski definition) is 5. The average Bonchev–Trinajstić information content (AvgIpc) is 2.36. The molecule has 0 saturated carbocycles. The van der Waals surface area contributed by atoms with Gasteiger partial charge >= 0.3 is 0 Å². The number of nitrogens with one attached hydrogen (secondary N) is 2. The smallest absolute Gasteiger partial charge is 0.132 e. The molecule has 0 aliphatic carbocycles. The summed E-state index contributed by atoms with van der Waals surface area (Å²) in [6.07, 6.45) is 4.13. The molecule has 0 aliphatic rings. The molecule has 1 atom stereocenters. The molecular weight excluding hydrogens is 244 g/mol. The van der Waals surface area contributed by atoms with E-state index < -0.39 is 0 Å². The molecule has 0 spiro atoms. The summed E-state index contributed by atoms with van der Waals surface area (Å²) in [5.74, 6) is 3.88. The van der Waals surface area contributed by atoms with Gasteiger partial charge in [-0.05, 0) is 32.3 Å². The molecule has 1 rings (SSSR count). The number of nitrogens with zero attached hydrogens (tertiary/aromatic N) is 2. The van der Waals surface area contributed by atoms with Crippen molar-refractivity contribution in [3.8, 4) is 0 Å². The Bertz CT molecular complexity index is 357. The van der Waals surface area contributed by atoms with Gasteiger partial charge in [0.15, 0.2) is 0 Å². The first-order chi connectivity index (χ1) is 8.69. The van der Waals surface area contributed by atoms with Gasteiger partial charge in [0, 0.05) is 25.1 Å². The van der Waals surface area contributed by atoms with E-state index in [9.17, 15) is 0 Å². The minimum Gasteiger partial charge on any atom is -0.370 e. The summed E-state index contributed by atoms with van der Waals surface area (Å²) in [6.45, 7) is 7.21. The first-order valence-electron chi connectivity index (χ1n) is 6.56. The zero-order chi connectivity index (χ0) is 13.4. The summed E-state index contributed by atoms with van der Waals surface area (Å²) in [4.78, 5) is 8.96. The van der Waals surface area contributed by atoms with Gasteiger partial charge in [-0.2, -0.15) is 11.8 Å². The molecule has 0 aromatic carbocycles. The number of hydrogen-bond donors (Lipinski definition) is 2. The van der Waals surface area contributed by atoms with E-state index in [-0.39, 0.29) is 0 Å². The molecule has 5 heteroatoms. The molecular formula is C13H24N4S. The maximum Gasteiger partial charge on any atom is 0.132 e. The Hall–Kier alpha value is -0.970. The van der Waals surface area contributed by atoms with Gasteiger partial charge in [0.1, 0.15) is 17.5 Å². The van der Waals surface area contributed by atoms with E-state index >= 15 is 0 Å². The van der Waals surface area contributed by atoms with Crippen molar-refractivity contribution in [2.45, 2.75) is 39.7 Å². The first-order valence-corrected chi connectivity index (χ1v) is 7.96. The van der Waals surface area contributed by atoms with Gasteiger partial charge in [-0.1, -0.05) is 6.92 Å². The predicted molar refractivity (Wildman–Crippen MR) is 81.7 cm³/mol. The van der Waals surface area contributed by atoms with Crippen molar-refractivity contribution in [3.05, 3.63) is 11.9 Å². The average molecular weight is 268 g/mol. The second-order valence-corrected chi connectivity index (χ2v) is 5.25. The molecule has 18 heavy (non-hydrogen) atoms. The fourth-order valence-corrected chi connectivity index (χ4v) is 2.21. The maximum atomic E-state index is 4.51. The van der Waals surface area contributed by atoms with Crippen molar-refractivity contribution in [2.24, 2.45) is 0 Å². The van der Waals surface area contributed by atoms with Gasteiger partial charge in [0.05, 0.1) is 0 Å². The van der Waals surface area contributed by atoms with Crippen LogP contribution in [0.15, 0.2) is 6.07 Å². The molecule has 0 bridgehead atoms. The molecule has 2 N–H and O–H groups in total. The standard InChI is InChI=1S/C13H24N4S/c1-5-11-16-12(14-6-2)9-13(17-11)15-10(3)7-8-18-4/h9-10H,5-8H2,1-4H3,(H2,14,15,16,17). The highest BCUT2D eigenvalue weighted by molar-refractivity contribution is 7.98. The molecule has 1 aromatic heterocycles. The van der Waals surface area contributed by atoms with Gasteiger partial charge in [-0.25, -0.2) is 9.97 Å². The predicted octanol–water partition coefficient (Wildman–Crippen LogP) is 3.02. The van der Waals surface area contributed by atoms with Crippen molar-refractivity contribution in [3.63, 3.8) is 0 Å². The summed E-state index contributed by atoms with van der Waals surface area (Å²) in [7, 11) is 0. The molecule has 0 aliphatic heterocycles. The summed E-state index contributed by atoms with van der Waals surface area (Å²) >= 11 is 1.87. The van der Waals surface area contributed by atoms with Crippen molar-refractivity contribution >= 4 is 23.4 Å². The third kappa shape index (κ3) is 5.12. The quantitative estimate of drug-likeness (QED) is 0.759. The van der Waals surface area contributed by atoms with Gasteiger partial charge in [-0.3, -0.25) is 0 Å². The van der Waals surface area contributed by atoms with E-state index in [1.165, 1.54) is 5.75 Å². The molecule has 0 amide bonds. The molecule has 0 fully saturated rings. The van der Waals surface area contributed by atoms with Crippen LogP contribution in [-0.4, -0.2) is 34.6 Å². The van der Waals surface area contributed by atoms with Gasteiger partial charge < -0.3 is 10.6 Å². The molecule has 0 saturated heterocycles. The lowest BCUT2D eigenvalue weighted by Gasteiger charge is -2.15. The van der Waals surface area contributed by atoms with Crippen LogP contribution in [-0.2, 0) is 6.42 Å². The van der Waals surface area contributed by atoms with Crippen LogP contribution in [0.1, 0.15) is 33.0 Å². The van der Waals surface area contributed by atoms with E-state index in [1.807, 2.05) is 17.8 Å². The van der Waals surface area contributed by atoms with Crippen molar-refractivity contribution in [1.82, 2.24) is 9.97 Å². The van der Waals surface area contributed by atoms with Crippen LogP contribution < -0.4 is 10.6 Å². The first kappa shape index (κ1) is 15.1. The number of aromatic nitrogens is 2. The topological polar surface area (TPSA) is 49.8 Å². The molecule has 1 unspecified atom stereocenters. The third-order valence-electron chi connectivity index (χ3n) is 2.60. The summed E-state index contributed by atoms with van der Waals surface area (Å²) in [5, 5.41) is 6.69. The fraction of sp³-hybridized carbons (Fsp3) is 0.692. The molecule has 1 heterocycles. The summed E-state index contributed by atoms with van der Waals surface area (Å²) in [5.41, 5.74) is 0. The van der Waals surface area contributed by atoms with E-state index in [4.69, 9.17) is 0 Å². The highest BCUT2D eigenvalue weighted by Crippen LogP contribution is 2.14. The fourth-order valence-electron chi connectivity index (χ4n) is 1.62. The number of rotatable bonds is 8. The number of thioether (sulfide) groups is 1. The van der Waals surface area contributed by atoms with Gasteiger partial charge in [-0.15, -0.1) is 0 Å². The van der Waals surface area contributed by atoms with Crippen molar-refractivity contribution < 1.29 is 0 Å². The van der Waals surface area contributed by atoms with Crippen LogP contribution in [0, 0.1) is 0 Å². The normalized spacial score (nSPS) is 12.2. The zero-order valence-electron chi connectivity index (χ0n) is 11.8. The van der Waals surface area contributed by atoms with Crippen molar-refractivity contribution in [1.29, 1.82) is 0 Å². The monoisotopic (exact) mass is 268 g/mol. The van der Waals surface area contributed by atoms with Crippen LogP contribution in [0.2, 0.25) is 0 Å². The van der Waals surface area contributed by atoms with Crippen LogP contribution in [0.4, 0.5) is 11.6 Å². The van der Waals surface area contributed by atoms with Crippen LogP contribution in [0.5, 0.6) is 0 Å². The molecule has 4 nitrogen and oxygen atoms in total. The van der Waals surface area contributed by atoms with Crippen LogP contribution in [0.25, 0.3) is 0 Å². The van der Waals surface area contributed by atoms with E-state index in [0.29, 0.717) is 6.04 Å². The Morgan fingerprint density at radius 1 is 1.28 bits per heavy atom. The highest BCUT2D eigenvalue weighted by atomic mass is 32.2. The third-order valence-corrected chi connectivity index (χ3v) is 3.24. The number of anilines is 2. The Morgan fingerprint density at radius 3 is 2.61 bits per heavy atom. The van der Waals surface area contributed by atoms with E-state index in [1.54, 1.807) is 0 Å². The van der Waals surface area contributed by atoms with Gasteiger partial charge in [0.25, 0.3) is 0 Å². The molecule has 0 radical (unpaired) electrons. The lowest BCUT2D eigenvalue weighted by Crippen LogP contribution is -2.18. The Kier molecular flexibility index (Phi) is 6.86. The SMILES string of the molecule is CCNc1cc(NC(C)CCSC)nc(CC)n1. The summed E-state index contributed by atoms with van der Waals surface area (Å²) < 4.78 is 0. The second-order valence-electron chi connectivity index (χ2n) is 4.27. The van der Waals surface area contributed by atoms with Crippen molar-refractivity contribution in [2.75, 3.05) is 29.2 Å². The second kappa shape index (κ2) is 8.19. The van der Waals surface area contributed by atoms with Gasteiger partial charge in [0.2, 0.25) is 0 Å². The minimum absolute atomic E-state index is 0.437. The Labute approximate surface area is 114 Å². The highest BCUT2D eigenvalue weighted by Gasteiger charge is 2.06. The zero-order valence-corrected chi connectivity index (χ0v) is 12.6.